The molecule has 2 N–H and O–H groups in total. The van der Waals surface area contributed by atoms with Crippen molar-refractivity contribution < 1.29 is 27.7 Å². The molecular formula is C18H32Cl2NO6PSi2. The molecule has 1 aromatic carbocycles. The average molecular weight is 517 g/mol. The largest absolute Gasteiger partial charge is 0.530 e. The fourth-order valence-electron chi connectivity index (χ4n) is 2.10. The minimum Gasteiger partial charge on any atom is -0.445 e. The van der Waals surface area contributed by atoms with Crippen LogP contribution in [0, 0.1) is 0 Å². The zero-order valence-electron chi connectivity index (χ0n) is 18.4. The van der Waals surface area contributed by atoms with E-state index in [1.54, 1.807) is 0 Å². The standard InChI is InChI=1S/C18H32Cl2NO6PSi2/c1-29(2,3)9-7-25-28(23,26-8-10-30(4,5)6)27-17-14(13-24-18(21)22)11-15(19)12-16(17)20/h11-12H,7-10,13H2,1-6H3,(H2,21,22). The zero-order chi connectivity index (χ0) is 23.2. The monoisotopic (exact) mass is 515 g/mol. The van der Waals surface area contributed by atoms with Crippen molar-refractivity contribution in [1.29, 1.82) is 0 Å². The number of carbonyl (C=O) groups excluding carboxylic acids is 1. The number of amides is 1. The first kappa shape index (κ1) is 27.5. The Morgan fingerprint density at radius 2 is 1.50 bits per heavy atom. The number of rotatable bonds is 12. The second-order valence-corrected chi connectivity index (χ2v) is 23.0. The van der Waals surface area contributed by atoms with Crippen LogP contribution in [0.4, 0.5) is 4.79 Å². The van der Waals surface area contributed by atoms with E-state index in [1.807, 2.05) is 0 Å². The van der Waals surface area contributed by atoms with Crippen molar-refractivity contribution in [3.05, 3.63) is 27.7 Å². The highest BCUT2D eigenvalue weighted by Gasteiger charge is 2.32. The van der Waals surface area contributed by atoms with Crippen molar-refractivity contribution in [3.63, 3.8) is 0 Å². The summed E-state index contributed by atoms with van der Waals surface area (Å²) in [7, 11) is -6.84. The van der Waals surface area contributed by atoms with Crippen molar-refractivity contribution >= 4 is 53.3 Å². The molecule has 0 unspecified atom stereocenters. The van der Waals surface area contributed by atoms with Gasteiger partial charge < -0.3 is 15.0 Å². The van der Waals surface area contributed by atoms with E-state index in [4.69, 9.17) is 47.2 Å². The van der Waals surface area contributed by atoms with E-state index in [0.29, 0.717) is 10.6 Å². The van der Waals surface area contributed by atoms with Gasteiger partial charge in [0.05, 0.1) is 18.2 Å². The van der Waals surface area contributed by atoms with Gasteiger partial charge in [-0.05, 0) is 24.2 Å². The third-order valence-electron chi connectivity index (χ3n) is 3.86. The molecule has 172 valence electrons. The van der Waals surface area contributed by atoms with Gasteiger partial charge in [0.2, 0.25) is 0 Å². The zero-order valence-corrected chi connectivity index (χ0v) is 22.8. The minimum absolute atomic E-state index is 0.0201. The predicted octanol–water partition coefficient (Wildman–Crippen LogP) is 6.79. The Balaban J connectivity index is 3.12. The summed E-state index contributed by atoms with van der Waals surface area (Å²) < 4.78 is 35.2. The van der Waals surface area contributed by atoms with Crippen molar-refractivity contribution in [3.8, 4) is 5.75 Å². The Kier molecular flexibility index (Phi) is 10.4. The molecule has 7 nitrogen and oxygen atoms in total. The normalized spacial score (nSPS) is 12.7. The number of phosphoric ester groups is 1. The third kappa shape index (κ3) is 11.2. The molecule has 0 saturated heterocycles. The molecule has 0 radical (unpaired) electrons. The summed E-state index contributed by atoms with van der Waals surface area (Å²) in [6, 6.07) is 4.48. The number of primary amides is 1. The van der Waals surface area contributed by atoms with Crippen molar-refractivity contribution in [2.24, 2.45) is 5.73 Å². The molecule has 1 rings (SSSR count). The molecule has 12 heteroatoms. The summed E-state index contributed by atoms with van der Waals surface area (Å²) >= 11 is 12.3. The van der Waals surface area contributed by atoms with Gasteiger partial charge in [-0.15, -0.1) is 0 Å². The molecule has 0 saturated carbocycles. The van der Waals surface area contributed by atoms with Crippen molar-refractivity contribution in [1.82, 2.24) is 0 Å². The number of phosphoric acid groups is 1. The van der Waals surface area contributed by atoms with Crippen LogP contribution in [-0.2, 0) is 25.0 Å². The van der Waals surface area contributed by atoms with Gasteiger partial charge in [0.1, 0.15) is 6.61 Å². The Bertz CT molecular complexity index is 759. The molecular weight excluding hydrogens is 484 g/mol. The number of carbonyl (C=O) groups is 1. The smallest absolute Gasteiger partial charge is 0.445 e. The molecule has 0 aromatic heterocycles. The van der Waals surface area contributed by atoms with E-state index < -0.39 is 30.1 Å². The molecule has 0 aliphatic rings. The van der Waals surface area contributed by atoms with Gasteiger partial charge in [-0.2, -0.15) is 0 Å². The molecule has 0 bridgehead atoms. The van der Waals surface area contributed by atoms with E-state index >= 15 is 0 Å². The number of halogens is 2. The first-order valence-electron chi connectivity index (χ1n) is 9.59. The molecule has 1 aromatic rings. The number of nitrogens with two attached hydrogens (primary N) is 1. The van der Waals surface area contributed by atoms with E-state index in [9.17, 15) is 9.36 Å². The fraction of sp³-hybridized carbons (Fsp3) is 0.611. The van der Waals surface area contributed by atoms with Crippen LogP contribution in [-0.4, -0.2) is 35.5 Å². The van der Waals surface area contributed by atoms with Gasteiger partial charge in [0, 0.05) is 26.7 Å². The highest BCUT2D eigenvalue weighted by atomic mass is 35.5. The van der Waals surface area contributed by atoms with Crippen LogP contribution in [0.2, 0.25) is 61.4 Å². The van der Waals surface area contributed by atoms with Gasteiger partial charge in [0.15, 0.2) is 5.75 Å². The van der Waals surface area contributed by atoms with E-state index in [2.05, 4.69) is 39.3 Å². The van der Waals surface area contributed by atoms with Crippen LogP contribution in [0.3, 0.4) is 0 Å². The molecule has 0 aliphatic heterocycles. The van der Waals surface area contributed by atoms with Gasteiger partial charge in [0.25, 0.3) is 0 Å². The summed E-state index contributed by atoms with van der Waals surface area (Å²) in [4.78, 5) is 11.0. The molecule has 0 spiro atoms. The maximum Gasteiger partial charge on any atom is 0.530 e. The van der Waals surface area contributed by atoms with Gasteiger partial charge in [-0.3, -0.25) is 9.05 Å². The van der Waals surface area contributed by atoms with Crippen molar-refractivity contribution in [2.75, 3.05) is 13.2 Å². The summed E-state index contributed by atoms with van der Waals surface area (Å²) in [6.07, 6.45) is -0.974. The molecule has 0 heterocycles. The first-order chi connectivity index (χ1) is 13.6. The van der Waals surface area contributed by atoms with Gasteiger partial charge >= 0.3 is 13.9 Å². The maximum absolute atomic E-state index is 13.4. The first-order valence-corrected chi connectivity index (χ1v) is 19.2. The van der Waals surface area contributed by atoms with Crippen LogP contribution in [0.15, 0.2) is 12.1 Å². The van der Waals surface area contributed by atoms with Crippen LogP contribution in [0.25, 0.3) is 0 Å². The second-order valence-electron chi connectivity index (χ2n) is 9.31. The second kappa shape index (κ2) is 11.4. The molecule has 0 fully saturated rings. The number of hydrogen-bond donors (Lipinski definition) is 1. The Morgan fingerprint density at radius 1 is 1.00 bits per heavy atom. The van der Waals surface area contributed by atoms with Gasteiger partial charge in [-0.25, -0.2) is 9.36 Å². The molecule has 1 amide bonds. The van der Waals surface area contributed by atoms with E-state index in [-0.39, 0.29) is 30.6 Å². The SMILES string of the molecule is C[Si](C)(C)CCOP(=O)(OCC[Si](C)(C)C)Oc1c(Cl)cc(Cl)cc1COC(N)=O. The minimum atomic E-state index is -3.98. The summed E-state index contributed by atoms with van der Waals surface area (Å²) in [5.74, 6) is 0.0201. The fourth-order valence-corrected chi connectivity index (χ4v) is 5.75. The van der Waals surface area contributed by atoms with E-state index in [1.165, 1.54) is 12.1 Å². The van der Waals surface area contributed by atoms with E-state index in [0.717, 1.165) is 12.1 Å². The van der Waals surface area contributed by atoms with Crippen molar-refractivity contribution in [2.45, 2.75) is 58.0 Å². The summed E-state index contributed by atoms with van der Waals surface area (Å²) in [5, 5.41) is 0.387. The number of ether oxygens (including phenoxy) is 1. The van der Waals surface area contributed by atoms with Crippen LogP contribution < -0.4 is 10.3 Å². The van der Waals surface area contributed by atoms with Crippen LogP contribution in [0.5, 0.6) is 5.75 Å². The molecule has 0 atom stereocenters. The van der Waals surface area contributed by atoms with Crippen LogP contribution >= 0.6 is 31.0 Å². The lowest BCUT2D eigenvalue weighted by molar-refractivity contribution is 0.147. The number of hydrogen-bond acceptors (Lipinski definition) is 6. The molecule has 30 heavy (non-hydrogen) atoms. The average Bonchev–Trinajstić information content (AvgIpc) is 2.53. The highest BCUT2D eigenvalue weighted by Crippen LogP contribution is 2.52. The Labute approximate surface area is 191 Å². The van der Waals surface area contributed by atoms with Crippen LogP contribution in [0.1, 0.15) is 5.56 Å². The third-order valence-corrected chi connectivity index (χ3v) is 9.17. The van der Waals surface area contributed by atoms with Gasteiger partial charge in [-0.1, -0.05) is 62.5 Å². The Morgan fingerprint density at radius 3 is 1.93 bits per heavy atom. The lowest BCUT2D eigenvalue weighted by Gasteiger charge is -2.24. The topological polar surface area (TPSA) is 97.1 Å². The molecule has 0 aliphatic carbocycles. The Hall–Kier alpha value is -0.546. The number of benzene rings is 1. The quantitative estimate of drug-likeness (QED) is 0.243. The lowest BCUT2D eigenvalue weighted by atomic mass is 10.2. The lowest BCUT2D eigenvalue weighted by Crippen LogP contribution is -2.23. The summed E-state index contributed by atoms with van der Waals surface area (Å²) in [6.45, 7) is 13.3. The maximum atomic E-state index is 13.4. The highest BCUT2D eigenvalue weighted by molar-refractivity contribution is 7.49. The predicted molar refractivity (Wildman–Crippen MR) is 127 cm³/mol. The summed E-state index contributed by atoms with van der Waals surface area (Å²) in [5.41, 5.74) is 5.34.